The zero-order valence-electron chi connectivity index (χ0n) is 14.9. The molecular formula is C21H18FNO3S. The number of ether oxygens (including phenoxy) is 2. The van der Waals surface area contributed by atoms with Crippen molar-refractivity contribution >= 4 is 22.9 Å². The molecule has 138 valence electrons. The first-order chi connectivity index (χ1) is 13.1. The van der Waals surface area contributed by atoms with Crippen LogP contribution in [0.15, 0.2) is 47.8 Å². The highest BCUT2D eigenvalue weighted by molar-refractivity contribution is 7.11. The van der Waals surface area contributed by atoms with Crippen LogP contribution in [0.2, 0.25) is 0 Å². The lowest BCUT2D eigenvalue weighted by atomic mass is 9.88. The Labute approximate surface area is 160 Å². The van der Waals surface area contributed by atoms with Crippen LogP contribution in [0.4, 0.5) is 10.1 Å². The second-order valence-electron chi connectivity index (χ2n) is 6.28. The summed E-state index contributed by atoms with van der Waals surface area (Å²) in [5.41, 5.74) is 2.79. The van der Waals surface area contributed by atoms with E-state index in [4.69, 9.17) is 9.47 Å². The quantitative estimate of drug-likeness (QED) is 0.686. The number of benzene rings is 2. The summed E-state index contributed by atoms with van der Waals surface area (Å²) in [7, 11) is 3.20. The maximum Gasteiger partial charge on any atom is 0.225 e. The van der Waals surface area contributed by atoms with Crippen LogP contribution in [0.3, 0.4) is 0 Å². The molecule has 1 aromatic heterocycles. The average Bonchev–Trinajstić information content (AvgIpc) is 3.10. The van der Waals surface area contributed by atoms with Gasteiger partial charge in [-0.2, -0.15) is 0 Å². The van der Waals surface area contributed by atoms with Gasteiger partial charge in [-0.25, -0.2) is 4.39 Å². The van der Waals surface area contributed by atoms with Crippen molar-refractivity contribution in [3.63, 3.8) is 0 Å². The molecule has 3 aromatic rings. The smallest absolute Gasteiger partial charge is 0.225 e. The van der Waals surface area contributed by atoms with E-state index in [0.717, 1.165) is 10.4 Å². The molecular weight excluding hydrogens is 365 g/mol. The molecule has 4 nitrogen and oxygen atoms in total. The van der Waals surface area contributed by atoms with Crippen molar-refractivity contribution in [3.8, 4) is 22.6 Å². The molecule has 2 aromatic carbocycles. The number of fused-ring (bicyclic) bond motifs is 1. The highest BCUT2D eigenvalue weighted by atomic mass is 32.1. The van der Waals surface area contributed by atoms with Crippen molar-refractivity contribution in [2.75, 3.05) is 19.5 Å². The van der Waals surface area contributed by atoms with E-state index in [1.54, 1.807) is 32.4 Å². The molecule has 0 fully saturated rings. The Hall–Kier alpha value is -2.86. The third kappa shape index (κ3) is 3.06. The van der Waals surface area contributed by atoms with E-state index in [-0.39, 0.29) is 17.6 Å². The number of rotatable bonds is 4. The number of hydrogen-bond acceptors (Lipinski definition) is 4. The lowest BCUT2D eigenvalue weighted by Crippen LogP contribution is -2.22. The number of halogens is 1. The van der Waals surface area contributed by atoms with Crippen LogP contribution in [0.25, 0.3) is 11.1 Å². The van der Waals surface area contributed by atoms with Crippen LogP contribution in [0.1, 0.15) is 22.8 Å². The Bertz CT molecular complexity index is 1010. The maximum absolute atomic E-state index is 14.3. The lowest BCUT2D eigenvalue weighted by molar-refractivity contribution is -0.116. The number of thiophene rings is 1. The Kier molecular flexibility index (Phi) is 4.58. The summed E-state index contributed by atoms with van der Waals surface area (Å²) in [5, 5.41) is 4.83. The van der Waals surface area contributed by atoms with Crippen LogP contribution < -0.4 is 14.8 Å². The molecule has 6 heteroatoms. The van der Waals surface area contributed by atoms with Gasteiger partial charge in [-0.05, 0) is 12.1 Å². The normalized spacial score (nSPS) is 15.8. The molecule has 1 N–H and O–H groups in total. The summed E-state index contributed by atoms with van der Waals surface area (Å²) in [4.78, 5) is 13.4. The second kappa shape index (κ2) is 7.04. The van der Waals surface area contributed by atoms with Crippen LogP contribution in [0.5, 0.6) is 11.5 Å². The molecule has 0 saturated heterocycles. The number of carbonyl (C=O) groups excluding carboxylic acids is 1. The number of hydrogen-bond donors (Lipinski definition) is 1. The van der Waals surface area contributed by atoms with Gasteiger partial charge < -0.3 is 14.8 Å². The van der Waals surface area contributed by atoms with Gasteiger partial charge in [-0.15, -0.1) is 11.3 Å². The zero-order chi connectivity index (χ0) is 19.0. The van der Waals surface area contributed by atoms with Crippen LogP contribution in [-0.2, 0) is 4.79 Å². The van der Waals surface area contributed by atoms with E-state index >= 15 is 0 Å². The standard InChI is InChI=1S/C21H18FNO3S/c1-25-12-7-8-14(18(9-12)26-2)15-10-19(24)23-20-16(11-27-21(15)20)13-5-3-4-6-17(13)22/h3-9,11,15H,10H2,1-2H3,(H,23,24)/t15-/m1/s1. The van der Waals surface area contributed by atoms with Crippen molar-refractivity contribution < 1.29 is 18.7 Å². The third-order valence-electron chi connectivity index (χ3n) is 4.77. The minimum absolute atomic E-state index is 0.0960. The van der Waals surface area contributed by atoms with Crippen molar-refractivity contribution in [3.05, 3.63) is 64.1 Å². The SMILES string of the molecule is COc1ccc([C@H]2CC(=O)Nc3c(-c4ccccc4F)csc32)c(OC)c1. The van der Waals surface area contributed by atoms with E-state index in [2.05, 4.69) is 5.32 Å². The topological polar surface area (TPSA) is 47.6 Å². The van der Waals surface area contributed by atoms with Gasteiger partial charge in [0.05, 0.1) is 19.9 Å². The van der Waals surface area contributed by atoms with E-state index < -0.39 is 0 Å². The van der Waals surface area contributed by atoms with Gasteiger partial charge in [-0.3, -0.25) is 4.79 Å². The molecule has 0 unspecified atom stereocenters. The predicted octanol–water partition coefficient (Wildman–Crippen LogP) is 5.05. The van der Waals surface area contributed by atoms with E-state index in [0.29, 0.717) is 34.7 Å². The summed E-state index contributed by atoms with van der Waals surface area (Å²) in [6, 6.07) is 12.2. The Morgan fingerprint density at radius 2 is 1.93 bits per heavy atom. The number of amides is 1. The van der Waals surface area contributed by atoms with Crippen LogP contribution in [-0.4, -0.2) is 20.1 Å². The Morgan fingerprint density at radius 3 is 2.67 bits per heavy atom. The molecule has 2 heterocycles. The van der Waals surface area contributed by atoms with Crippen molar-refractivity contribution in [2.45, 2.75) is 12.3 Å². The summed E-state index contributed by atoms with van der Waals surface area (Å²) >= 11 is 1.52. The molecule has 0 saturated carbocycles. The van der Waals surface area contributed by atoms with E-state index in [1.807, 2.05) is 23.6 Å². The van der Waals surface area contributed by atoms with Gasteiger partial charge in [0, 0.05) is 45.4 Å². The zero-order valence-corrected chi connectivity index (χ0v) is 15.7. The summed E-state index contributed by atoms with van der Waals surface area (Å²) in [6.07, 6.45) is 0.312. The molecule has 0 radical (unpaired) electrons. The molecule has 1 atom stereocenters. The number of nitrogens with one attached hydrogen (secondary N) is 1. The highest BCUT2D eigenvalue weighted by Gasteiger charge is 2.32. The average molecular weight is 383 g/mol. The number of methoxy groups -OCH3 is 2. The molecule has 4 rings (SSSR count). The van der Waals surface area contributed by atoms with E-state index in [1.165, 1.54) is 17.4 Å². The molecule has 0 aliphatic carbocycles. The summed E-state index contributed by atoms with van der Waals surface area (Å²) in [5.74, 6) is 0.799. The van der Waals surface area contributed by atoms with Crippen molar-refractivity contribution in [1.29, 1.82) is 0 Å². The fraction of sp³-hybridized carbons (Fsp3) is 0.190. The van der Waals surface area contributed by atoms with Gasteiger partial charge in [0.2, 0.25) is 5.91 Å². The lowest BCUT2D eigenvalue weighted by Gasteiger charge is -2.25. The van der Waals surface area contributed by atoms with Crippen molar-refractivity contribution in [1.82, 2.24) is 0 Å². The first kappa shape index (κ1) is 17.5. The molecule has 1 aliphatic rings. The van der Waals surface area contributed by atoms with Gasteiger partial charge in [0.1, 0.15) is 17.3 Å². The molecule has 0 bridgehead atoms. The number of anilines is 1. The fourth-order valence-corrected chi connectivity index (χ4v) is 4.61. The molecule has 27 heavy (non-hydrogen) atoms. The van der Waals surface area contributed by atoms with Crippen LogP contribution in [0, 0.1) is 5.82 Å². The first-order valence-corrected chi connectivity index (χ1v) is 9.38. The van der Waals surface area contributed by atoms with Gasteiger partial charge in [-0.1, -0.05) is 24.3 Å². The highest BCUT2D eigenvalue weighted by Crippen LogP contribution is 2.48. The molecule has 0 spiro atoms. The summed E-state index contributed by atoms with van der Waals surface area (Å²) in [6.45, 7) is 0. The van der Waals surface area contributed by atoms with Gasteiger partial charge in [0.15, 0.2) is 0 Å². The monoisotopic (exact) mass is 383 g/mol. The third-order valence-corrected chi connectivity index (χ3v) is 5.87. The maximum atomic E-state index is 14.3. The van der Waals surface area contributed by atoms with Crippen molar-refractivity contribution in [2.24, 2.45) is 0 Å². The minimum Gasteiger partial charge on any atom is -0.497 e. The first-order valence-electron chi connectivity index (χ1n) is 8.50. The molecule has 1 aliphatic heterocycles. The molecule has 1 amide bonds. The fourth-order valence-electron chi connectivity index (χ4n) is 3.46. The largest absolute Gasteiger partial charge is 0.497 e. The van der Waals surface area contributed by atoms with Crippen LogP contribution >= 0.6 is 11.3 Å². The predicted molar refractivity (Wildman–Crippen MR) is 104 cm³/mol. The summed E-state index contributed by atoms with van der Waals surface area (Å²) < 4.78 is 25.1. The Balaban J connectivity index is 1.84. The van der Waals surface area contributed by atoms with Gasteiger partial charge >= 0.3 is 0 Å². The van der Waals surface area contributed by atoms with E-state index in [9.17, 15) is 9.18 Å². The second-order valence-corrected chi connectivity index (χ2v) is 7.19. The minimum atomic E-state index is -0.309. The van der Waals surface area contributed by atoms with Gasteiger partial charge in [0.25, 0.3) is 0 Å². The Morgan fingerprint density at radius 1 is 1.11 bits per heavy atom. The number of carbonyl (C=O) groups is 1.